The van der Waals surface area contributed by atoms with E-state index in [1.54, 1.807) is 51.1 Å². The molecule has 3 saturated heterocycles. The van der Waals surface area contributed by atoms with Crippen LogP contribution in [-0.2, 0) is 28.6 Å². The molecule has 1 amide bonds. The van der Waals surface area contributed by atoms with Crippen LogP contribution in [0.3, 0.4) is 0 Å². The normalized spacial score (nSPS) is 40.0. The largest absolute Gasteiger partial charge is 0.461 e. The highest BCUT2D eigenvalue weighted by atomic mass is 16.6. The number of likely N-dealkylation sites (N-methyl/N-ethyl adjacent to an activating group) is 1. The van der Waals surface area contributed by atoms with Gasteiger partial charge in [-0.05, 0) is 17.5 Å². The minimum Gasteiger partial charge on any atom is -0.461 e. The van der Waals surface area contributed by atoms with Crippen molar-refractivity contribution < 1.29 is 38.5 Å². The van der Waals surface area contributed by atoms with Crippen LogP contribution in [0.25, 0.3) is 0 Å². The van der Waals surface area contributed by atoms with Crippen LogP contribution in [0.15, 0.2) is 30.3 Å². The molecule has 1 aliphatic carbocycles. The van der Waals surface area contributed by atoms with E-state index in [9.17, 15) is 24.3 Å². The Morgan fingerprint density at radius 3 is 2.44 bits per heavy atom. The van der Waals surface area contributed by atoms with Gasteiger partial charge in [0.2, 0.25) is 0 Å². The Hall–Kier alpha value is -2.94. The molecule has 4 aliphatic rings. The third kappa shape index (κ3) is 2.08. The SMILES string of the molecule is CN1C(=O)[C@H](OC(=O)c2ccccc2)[C@@]23[C@@H]1OC(=O)[C@@]21CC(=O)O[C@H]1C[C@@]3(O)C(C)(C)C. The molecule has 32 heavy (non-hydrogen) atoms. The Labute approximate surface area is 184 Å². The number of rotatable bonds is 2. The topological polar surface area (TPSA) is 119 Å². The van der Waals surface area contributed by atoms with Crippen molar-refractivity contribution in [2.75, 3.05) is 7.05 Å². The van der Waals surface area contributed by atoms with E-state index < -0.39 is 64.1 Å². The summed E-state index contributed by atoms with van der Waals surface area (Å²) in [4.78, 5) is 53.4. The smallest absolute Gasteiger partial charge is 0.338 e. The molecule has 3 heterocycles. The van der Waals surface area contributed by atoms with Crippen LogP contribution in [-0.4, -0.2) is 64.9 Å². The second-order valence-electron chi connectivity index (χ2n) is 10.2. The second kappa shape index (κ2) is 6.10. The molecule has 3 aliphatic heterocycles. The number of carbonyl (C=O) groups is 4. The molecule has 0 unspecified atom stereocenters. The van der Waals surface area contributed by atoms with Crippen LogP contribution in [0, 0.1) is 16.2 Å². The first kappa shape index (κ1) is 20.9. The quantitative estimate of drug-likeness (QED) is 0.532. The molecule has 4 fully saturated rings. The van der Waals surface area contributed by atoms with Crippen molar-refractivity contribution in [1.82, 2.24) is 4.90 Å². The van der Waals surface area contributed by atoms with Crippen LogP contribution < -0.4 is 0 Å². The van der Waals surface area contributed by atoms with Gasteiger partial charge in [0.1, 0.15) is 16.9 Å². The standard InChI is InChI=1S/C23H25NO8/c1-20(2,3)22(29)10-13-21(11-14(25)30-13)19(28)32-18-23(21,22)15(16(26)24(18)4)31-17(27)12-8-6-5-7-9-12/h5-9,13,15,18,29H,10-11H2,1-4H3/t13-,15-,18-,21-,22+,23+/m0/s1. The van der Waals surface area contributed by atoms with E-state index in [0.717, 1.165) is 0 Å². The highest BCUT2D eigenvalue weighted by Gasteiger charge is 2.93. The lowest BCUT2D eigenvalue weighted by Crippen LogP contribution is -2.66. The summed E-state index contributed by atoms with van der Waals surface area (Å²) >= 11 is 0. The Kier molecular flexibility index (Phi) is 3.99. The zero-order valence-electron chi connectivity index (χ0n) is 18.3. The molecule has 1 aromatic rings. The number of likely N-dealkylation sites (tertiary alicyclic amines) is 1. The predicted octanol–water partition coefficient (Wildman–Crippen LogP) is 1.04. The van der Waals surface area contributed by atoms with Crippen molar-refractivity contribution in [3.05, 3.63) is 35.9 Å². The first-order valence-corrected chi connectivity index (χ1v) is 10.6. The maximum absolute atomic E-state index is 13.4. The molecule has 1 N–H and O–H groups in total. The molecular formula is C23H25NO8. The van der Waals surface area contributed by atoms with Crippen molar-refractivity contribution >= 4 is 23.8 Å². The molecule has 1 aromatic carbocycles. The molecule has 0 aromatic heterocycles. The van der Waals surface area contributed by atoms with E-state index in [4.69, 9.17) is 14.2 Å². The van der Waals surface area contributed by atoms with E-state index in [0.29, 0.717) is 0 Å². The highest BCUT2D eigenvalue weighted by molar-refractivity contribution is 5.99. The van der Waals surface area contributed by atoms with Crippen molar-refractivity contribution in [2.24, 2.45) is 16.2 Å². The Morgan fingerprint density at radius 2 is 1.81 bits per heavy atom. The van der Waals surface area contributed by atoms with Crippen LogP contribution in [0.1, 0.15) is 44.0 Å². The molecule has 6 atom stereocenters. The summed E-state index contributed by atoms with van der Waals surface area (Å²) in [5, 5.41) is 12.3. The molecule has 2 spiro atoms. The first-order valence-electron chi connectivity index (χ1n) is 10.6. The molecule has 9 heteroatoms. The van der Waals surface area contributed by atoms with Gasteiger partial charge in [0.25, 0.3) is 5.91 Å². The van der Waals surface area contributed by atoms with Crippen molar-refractivity contribution in [1.29, 1.82) is 0 Å². The zero-order chi connectivity index (χ0) is 23.3. The third-order valence-electron chi connectivity index (χ3n) is 7.93. The van der Waals surface area contributed by atoms with Gasteiger partial charge < -0.3 is 24.2 Å². The predicted molar refractivity (Wildman–Crippen MR) is 107 cm³/mol. The maximum atomic E-state index is 13.4. The molecule has 5 rings (SSSR count). The van der Waals surface area contributed by atoms with Gasteiger partial charge in [0, 0.05) is 13.5 Å². The number of benzene rings is 1. The van der Waals surface area contributed by atoms with E-state index >= 15 is 0 Å². The molecule has 0 bridgehead atoms. The van der Waals surface area contributed by atoms with Gasteiger partial charge in [-0.15, -0.1) is 0 Å². The van der Waals surface area contributed by atoms with Crippen LogP contribution >= 0.6 is 0 Å². The lowest BCUT2D eigenvalue weighted by atomic mass is 9.52. The van der Waals surface area contributed by atoms with Crippen molar-refractivity contribution in [3.8, 4) is 0 Å². The molecule has 170 valence electrons. The van der Waals surface area contributed by atoms with E-state index in [2.05, 4.69) is 0 Å². The summed E-state index contributed by atoms with van der Waals surface area (Å²) in [6.07, 6.45) is -4.17. The zero-order valence-corrected chi connectivity index (χ0v) is 18.3. The van der Waals surface area contributed by atoms with Gasteiger partial charge in [-0.1, -0.05) is 39.0 Å². The minimum atomic E-state index is -1.73. The van der Waals surface area contributed by atoms with Crippen molar-refractivity contribution in [2.45, 2.75) is 57.6 Å². The molecular weight excluding hydrogens is 418 g/mol. The Bertz CT molecular complexity index is 1050. The third-order valence-corrected chi connectivity index (χ3v) is 7.93. The number of hydrogen-bond acceptors (Lipinski definition) is 8. The van der Waals surface area contributed by atoms with Gasteiger partial charge in [0.15, 0.2) is 12.3 Å². The molecule has 0 radical (unpaired) electrons. The molecule has 1 saturated carbocycles. The number of amides is 1. The minimum absolute atomic E-state index is 0.0751. The second-order valence-corrected chi connectivity index (χ2v) is 10.2. The maximum Gasteiger partial charge on any atom is 0.338 e. The number of hydrogen-bond donors (Lipinski definition) is 1. The summed E-state index contributed by atoms with van der Waals surface area (Å²) in [6, 6.07) is 8.14. The van der Waals surface area contributed by atoms with Gasteiger partial charge in [-0.3, -0.25) is 14.4 Å². The van der Waals surface area contributed by atoms with E-state index in [1.807, 2.05) is 0 Å². The van der Waals surface area contributed by atoms with Crippen LogP contribution in [0.5, 0.6) is 0 Å². The van der Waals surface area contributed by atoms with Gasteiger partial charge in [-0.25, -0.2) is 4.79 Å². The summed E-state index contributed by atoms with van der Waals surface area (Å²) in [7, 11) is 1.44. The van der Waals surface area contributed by atoms with Gasteiger partial charge in [-0.2, -0.15) is 0 Å². The Morgan fingerprint density at radius 1 is 1.16 bits per heavy atom. The average molecular weight is 443 g/mol. The van der Waals surface area contributed by atoms with Gasteiger partial charge >= 0.3 is 17.9 Å². The first-order chi connectivity index (χ1) is 14.9. The van der Waals surface area contributed by atoms with E-state index in [-0.39, 0.29) is 18.4 Å². The number of ether oxygens (including phenoxy) is 3. The van der Waals surface area contributed by atoms with E-state index in [1.165, 1.54) is 11.9 Å². The summed E-state index contributed by atoms with van der Waals surface area (Å²) < 4.78 is 16.9. The molecule has 9 nitrogen and oxygen atoms in total. The fourth-order valence-electron chi connectivity index (χ4n) is 6.45. The number of carbonyl (C=O) groups excluding carboxylic acids is 4. The Balaban J connectivity index is 1.74. The van der Waals surface area contributed by atoms with Crippen LogP contribution in [0.4, 0.5) is 0 Å². The summed E-state index contributed by atoms with van der Waals surface area (Å²) in [5.74, 6) is -2.71. The summed E-state index contributed by atoms with van der Waals surface area (Å²) in [6.45, 7) is 5.32. The lowest BCUT2D eigenvalue weighted by Gasteiger charge is -2.51. The number of aliphatic hydroxyl groups is 1. The fraction of sp³-hybridized carbons (Fsp3) is 0.565. The van der Waals surface area contributed by atoms with Crippen molar-refractivity contribution in [3.63, 3.8) is 0 Å². The fourth-order valence-corrected chi connectivity index (χ4v) is 6.45. The highest BCUT2D eigenvalue weighted by Crippen LogP contribution is 2.76. The number of esters is 3. The monoisotopic (exact) mass is 443 g/mol. The average Bonchev–Trinajstić information content (AvgIpc) is 3.33. The summed E-state index contributed by atoms with van der Waals surface area (Å²) in [5.41, 5.74) is -5.76. The van der Waals surface area contributed by atoms with Crippen LogP contribution in [0.2, 0.25) is 0 Å². The lowest BCUT2D eigenvalue weighted by molar-refractivity contribution is -0.211. The number of nitrogens with zero attached hydrogens (tertiary/aromatic N) is 1. The van der Waals surface area contributed by atoms with Gasteiger partial charge in [0.05, 0.1) is 17.6 Å².